The number of carbonyl (C=O) groups excluding carboxylic acids is 1. The summed E-state index contributed by atoms with van der Waals surface area (Å²) < 4.78 is 1.91. The first-order valence-corrected chi connectivity index (χ1v) is 9.84. The van der Waals surface area contributed by atoms with Crippen molar-refractivity contribution in [3.05, 3.63) is 41.2 Å². The van der Waals surface area contributed by atoms with E-state index >= 15 is 0 Å². The van der Waals surface area contributed by atoms with Gasteiger partial charge in [0.15, 0.2) is 5.65 Å². The minimum atomic E-state index is 0. The summed E-state index contributed by atoms with van der Waals surface area (Å²) in [7, 11) is 0. The maximum Gasteiger partial charge on any atom is 0.220 e. The van der Waals surface area contributed by atoms with Crippen LogP contribution < -0.4 is 10.6 Å². The van der Waals surface area contributed by atoms with Crippen molar-refractivity contribution >= 4 is 34.9 Å². The lowest BCUT2D eigenvalue weighted by molar-refractivity contribution is -0.121. The zero-order valence-electron chi connectivity index (χ0n) is 16.5. The van der Waals surface area contributed by atoms with Gasteiger partial charge in [-0.1, -0.05) is 12.1 Å². The van der Waals surface area contributed by atoms with Gasteiger partial charge in [0, 0.05) is 29.7 Å². The number of carbonyl (C=O) groups is 1. The highest BCUT2D eigenvalue weighted by molar-refractivity contribution is 5.92. The number of halogens is 1. The SMILES string of the molecule is Cc1nc2c3ccccc3nn2c(C)c1CCC(=O)NCCC1CCNC1.Cl. The molecule has 3 aromatic rings. The fourth-order valence-corrected chi connectivity index (χ4v) is 4.04. The Balaban J connectivity index is 0.00000225. The molecule has 150 valence electrons. The summed E-state index contributed by atoms with van der Waals surface area (Å²) in [5.74, 6) is 0.820. The second kappa shape index (κ2) is 8.88. The first-order valence-electron chi connectivity index (χ1n) is 9.84. The van der Waals surface area contributed by atoms with Crippen LogP contribution in [0.4, 0.5) is 0 Å². The Bertz CT molecular complexity index is 978. The highest BCUT2D eigenvalue weighted by Crippen LogP contribution is 2.22. The molecule has 1 aromatic carbocycles. The van der Waals surface area contributed by atoms with E-state index in [-0.39, 0.29) is 18.3 Å². The quantitative estimate of drug-likeness (QED) is 0.666. The lowest BCUT2D eigenvalue weighted by Gasteiger charge is -2.12. The van der Waals surface area contributed by atoms with Gasteiger partial charge in [0.1, 0.15) is 0 Å². The van der Waals surface area contributed by atoms with Gasteiger partial charge < -0.3 is 10.6 Å². The van der Waals surface area contributed by atoms with Crippen LogP contribution >= 0.6 is 12.4 Å². The number of fused-ring (bicyclic) bond motifs is 3. The molecule has 1 amide bonds. The second-order valence-electron chi connectivity index (χ2n) is 7.51. The standard InChI is InChI=1S/C21H27N5O.ClH/c1-14-17(7-8-20(27)23-12-10-16-9-11-22-13-16)15(2)26-21(24-14)18-5-3-4-6-19(18)25-26;/h3-6,16,22H,7-13H2,1-2H3,(H,23,27);1H. The third-order valence-corrected chi connectivity index (χ3v) is 5.66. The van der Waals surface area contributed by atoms with Gasteiger partial charge in [0.2, 0.25) is 5.91 Å². The van der Waals surface area contributed by atoms with Gasteiger partial charge in [-0.2, -0.15) is 5.10 Å². The summed E-state index contributed by atoms with van der Waals surface area (Å²) in [6, 6.07) is 8.06. The number of hydrogen-bond donors (Lipinski definition) is 2. The van der Waals surface area contributed by atoms with Gasteiger partial charge in [-0.05, 0) is 69.8 Å². The van der Waals surface area contributed by atoms with Gasteiger partial charge in [0.25, 0.3) is 0 Å². The molecule has 28 heavy (non-hydrogen) atoms. The van der Waals surface area contributed by atoms with Crippen molar-refractivity contribution in [2.24, 2.45) is 5.92 Å². The summed E-state index contributed by atoms with van der Waals surface area (Å²) in [6.07, 6.45) is 3.45. The zero-order chi connectivity index (χ0) is 18.8. The van der Waals surface area contributed by atoms with Gasteiger partial charge in [-0.3, -0.25) is 4.79 Å². The molecule has 2 aromatic heterocycles. The summed E-state index contributed by atoms with van der Waals surface area (Å²) in [5.41, 5.74) is 5.00. The molecular weight excluding hydrogens is 374 g/mol. The summed E-state index contributed by atoms with van der Waals surface area (Å²) in [4.78, 5) is 17.0. The normalized spacial score (nSPS) is 16.4. The molecule has 0 aliphatic carbocycles. The third kappa shape index (κ3) is 4.13. The van der Waals surface area contributed by atoms with Crippen LogP contribution in [0.1, 0.15) is 36.2 Å². The Morgan fingerprint density at radius 3 is 2.93 bits per heavy atom. The molecule has 1 saturated heterocycles. The molecule has 3 heterocycles. The molecule has 0 spiro atoms. The smallest absolute Gasteiger partial charge is 0.220 e. The van der Waals surface area contributed by atoms with Crippen LogP contribution in [0.3, 0.4) is 0 Å². The highest BCUT2D eigenvalue weighted by atomic mass is 35.5. The maximum absolute atomic E-state index is 12.2. The minimum Gasteiger partial charge on any atom is -0.356 e. The van der Waals surface area contributed by atoms with Gasteiger partial charge in [0.05, 0.1) is 5.52 Å². The van der Waals surface area contributed by atoms with Crippen molar-refractivity contribution in [1.29, 1.82) is 0 Å². The lowest BCUT2D eigenvalue weighted by atomic mass is 10.0. The molecule has 0 bridgehead atoms. The average molecular weight is 402 g/mol. The van der Waals surface area contributed by atoms with Crippen LogP contribution in [0.25, 0.3) is 16.6 Å². The average Bonchev–Trinajstić information content (AvgIpc) is 3.30. The Morgan fingerprint density at radius 2 is 2.14 bits per heavy atom. The number of aryl methyl sites for hydroxylation is 2. The van der Waals surface area contributed by atoms with E-state index in [4.69, 9.17) is 4.98 Å². The monoisotopic (exact) mass is 401 g/mol. The lowest BCUT2D eigenvalue weighted by Crippen LogP contribution is -2.26. The van der Waals surface area contributed by atoms with E-state index in [1.807, 2.05) is 29.6 Å². The van der Waals surface area contributed by atoms with Crippen molar-refractivity contribution in [2.75, 3.05) is 19.6 Å². The molecule has 4 rings (SSSR count). The molecule has 6 nitrogen and oxygen atoms in total. The number of benzene rings is 1. The number of amides is 1. The van der Waals surface area contributed by atoms with Gasteiger partial charge in [-0.25, -0.2) is 9.50 Å². The minimum absolute atomic E-state index is 0. The van der Waals surface area contributed by atoms with Gasteiger partial charge in [-0.15, -0.1) is 12.4 Å². The largest absolute Gasteiger partial charge is 0.356 e. The van der Waals surface area contributed by atoms with E-state index in [2.05, 4.69) is 28.7 Å². The summed E-state index contributed by atoms with van der Waals surface area (Å²) >= 11 is 0. The Labute approximate surface area is 171 Å². The van der Waals surface area contributed by atoms with Crippen molar-refractivity contribution in [3.8, 4) is 0 Å². The number of aromatic nitrogens is 3. The van der Waals surface area contributed by atoms with Crippen LogP contribution in [0, 0.1) is 19.8 Å². The van der Waals surface area contributed by atoms with Crippen molar-refractivity contribution < 1.29 is 4.79 Å². The fraction of sp³-hybridized carbons (Fsp3) is 0.476. The summed E-state index contributed by atoms with van der Waals surface area (Å²) in [6.45, 7) is 7.04. The topological polar surface area (TPSA) is 71.3 Å². The summed E-state index contributed by atoms with van der Waals surface area (Å²) in [5, 5.41) is 12.2. The molecule has 1 atom stereocenters. The number of nitrogens with zero attached hydrogens (tertiary/aromatic N) is 3. The van der Waals surface area contributed by atoms with Crippen LogP contribution in [0.15, 0.2) is 24.3 Å². The Kier molecular flexibility index (Phi) is 6.52. The Morgan fingerprint density at radius 1 is 1.32 bits per heavy atom. The molecule has 2 N–H and O–H groups in total. The van der Waals surface area contributed by atoms with Gasteiger partial charge >= 0.3 is 0 Å². The van der Waals surface area contributed by atoms with Crippen molar-refractivity contribution in [3.63, 3.8) is 0 Å². The zero-order valence-corrected chi connectivity index (χ0v) is 17.3. The highest BCUT2D eigenvalue weighted by Gasteiger charge is 2.16. The van der Waals surface area contributed by atoms with Crippen LogP contribution in [-0.4, -0.2) is 40.1 Å². The molecule has 0 radical (unpaired) electrons. The molecule has 7 heteroatoms. The van der Waals surface area contributed by atoms with E-state index in [1.54, 1.807) is 0 Å². The molecule has 0 saturated carbocycles. The molecular formula is C21H28ClN5O. The number of rotatable bonds is 6. The maximum atomic E-state index is 12.2. The first-order chi connectivity index (χ1) is 13.1. The number of hydrogen-bond acceptors (Lipinski definition) is 4. The number of nitrogens with one attached hydrogen (secondary N) is 2. The molecule has 1 fully saturated rings. The van der Waals surface area contributed by atoms with Crippen molar-refractivity contribution in [1.82, 2.24) is 25.2 Å². The molecule has 1 aliphatic rings. The Hall–Kier alpha value is -2.18. The van der Waals surface area contributed by atoms with E-state index < -0.39 is 0 Å². The van der Waals surface area contributed by atoms with Crippen LogP contribution in [0.2, 0.25) is 0 Å². The van der Waals surface area contributed by atoms with Crippen molar-refractivity contribution in [2.45, 2.75) is 39.5 Å². The first kappa shape index (κ1) is 20.6. The van der Waals surface area contributed by atoms with Crippen LogP contribution in [0.5, 0.6) is 0 Å². The predicted octanol–water partition coefficient (Wildman–Crippen LogP) is 2.97. The third-order valence-electron chi connectivity index (χ3n) is 5.66. The molecule has 1 unspecified atom stereocenters. The fourth-order valence-electron chi connectivity index (χ4n) is 4.04. The van der Waals surface area contributed by atoms with E-state index in [1.165, 1.54) is 6.42 Å². The predicted molar refractivity (Wildman–Crippen MR) is 114 cm³/mol. The van der Waals surface area contributed by atoms with Crippen LogP contribution in [-0.2, 0) is 11.2 Å². The van der Waals surface area contributed by atoms with E-state index in [0.717, 1.165) is 59.6 Å². The van der Waals surface area contributed by atoms with E-state index in [9.17, 15) is 4.79 Å². The molecule has 1 aliphatic heterocycles. The van der Waals surface area contributed by atoms with E-state index in [0.29, 0.717) is 18.8 Å². The second-order valence-corrected chi connectivity index (χ2v) is 7.51.